The van der Waals surface area contributed by atoms with Gasteiger partial charge >= 0.3 is 0 Å². The lowest BCUT2D eigenvalue weighted by Gasteiger charge is -2.13. The van der Waals surface area contributed by atoms with E-state index in [0.29, 0.717) is 6.61 Å². The first-order chi connectivity index (χ1) is 8.72. The Bertz CT molecular complexity index is 368. The van der Waals surface area contributed by atoms with Crippen molar-refractivity contribution in [3.63, 3.8) is 0 Å². The number of hydrogen-bond acceptors (Lipinski definition) is 5. The first kappa shape index (κ1) is 14.7. The smallest absolute Gasteiger partial charge is 0.134 e. The molecule has 0 fully saturated rings. The molecule has 0 aliphatic carbocycles. The van der Waals surface area contributed by atoms with E-state index in [1.165, 1.54) is 0 Å². The predicted octanol–water partition coefficient (Wildman–Crippen LogP) is 2.23. The van der Waals surface area contributed by atoms with Gasteiger partial charge in [-0.05, 0) is 20.3 Å². The van der Waals surface area contributed by atoms with Crippen molar-refractivity contribution in [2.45, 2.75) is 33.6 Å². The zero-order valence-electron chi connectivity index (χ0n) is 11.8. The highest BCUT2D eigenvalue weighted by Gasteiger charge is 2.09. The minimum absolute atomic E-state index is 0.692. The van der Waals surface area contributed by atoms with Crippen LogP contribution in [0.25, 0.3) is 0 Å². The lowest BCUT2D eigenvalue weighted by Crippen LogP contribution is -2.14. The van der Waals surface area contributed by atoms with E-state index in [1.54, 1.807) is 0 Å². The molecule has 1 heterocycles. The molecule has 1 aromatic rings. The van der Waals surface area contributed by atoms with Gasteiger partial charge in [-0.25, -0.2) is 9.97 Å². The number of aryl methyl sites for hydroxylation is 1. The van der Waals surface area contributed by atoms with Crippen LogP contribution in [0.2, 0.25) is 0 Å². The van der Waals surface area contributed by atoms with Crippen LogP contribution in [0.15, 0.2) is 0 Å². The molecule has 0 spiro atoms. The molecule has 0 atom stereocenters. The summed E-state index contributed by atoms with van der Waals surface area (Å²) in [6, 6.07) is 0. The molecule has 5 heteroatoms. The van der Waals surface area contributed by atoms with Gasteiger partial charge in [0.25, 0.3) is 0 Å². The van der Waals surface area contributed by atoms with Gasteiger partial charge < -0.3 is 15.4 Å². The van der Waals surface area contributed by atoms with Crippen molar-refractivity contribution in [2.75, 3.05) is 37.4 Å². The number of nitrogens with zero attached hydrogens (tertiary/aromatic N) is 2. The monoisotopic (exact) mass is 252 g/mol. The quantitative estimate of drug-likeness (QED) is 0.695. The summed E-state index contributed by atoms with van der Waals surface area (Å²) in [5.41, 5.74) is 1.05. The van der Waals surface area contributed by atoms with Crippen molar-refractivity contribution in [2.24, 2.45) is 0 Å². The summed E-state index contributed by atoms with van der Waals surface area (Å²) in [4.78, 5) is 9.04. The summed E-state index contributed by atoms with van der Waals surface area (Å²) in [7, 11) is 1.88. The summed E-state index contributed by atoms with van der Waals surface area (Å²) < 4.78 is 5.31. The molecular weight excluding hydrogens is 228 g/mol. The van der Waals surface area contributed by atoms with E-state index in [0.717, 1.165) is 49.0 Å². The molecule has 0 aliphatic rings. The van der Waals surface area contributed by atoms with Gasteiger partial charge in [0, 0.05) is 32.2 Å². The highest BCUT2D eigenvalue weighted by molar-refractivity contribution is 5.56. The second kappa shape index (κ2) is 7.87. The highest BCUT2D eigenvalue weighted by Crippen LogP contribution is 2.19. The fourth-order valence-corrected chi connectivity index (χ4v) is 1.70. The first-order valence-corrected chi connectivity index (χ1v) is 6.59. The van der Waals surface area contributed by atoms with E-state index in [4.69, 9.17) is 4.74 Å². The van der Waals surface area contributed by atoms with Gasteiger partial charge in [0.05, 0.1) is 6.61 Å². The van der Waals surface area contributed by atoms with Gasteiger partial charge in [0.15, 0.2) is 0 Å². The van der Waals surface area contributed by atoms with Crippen LogP contribution in [0.4, 0.5) is 11.6 Å². The fourth-order valence-electron chi connectivity index (χ4n) is 1.70. The number of nitrogens with one attached hydrogen (secondary N) is 2. The molecule has 102 valence electrons. The topological polar surface area (TPSA) is 59.1 Å². The highest BCUT2D eigenvalue weighted by atomic mass is 16.5. The molecule has 0 saturated heterocycles. The van der Waals surface area contributed by atoms with Crippen molar-refractivity contribution in [1.29, 1.82) is 0 Å². The molecule has 0 aromatic carbocycles. The van der Waals surface area contributed by atoms with Crippen LogP contribution in [0.3, 0.4) is 0 Å². The number of anilines is 2. The minimum atomic E-state index is 0.692. The van der Waals surface area contributed by atoms with Gasteiger partial charge in [0.2, 0.25) is 0 Å². The third kappa shape index (κ3) is 4.14. The van der Waals surface area contributed by atoms with Crippen LogP contribution in [-0.2, 0) is 11.2 Å². The second-order valence-corrected chi connectivity index (χ2v) is 4.09. The SMILES string of the molecule is CCCc1nc(NC)c(C)c(NCCOCC)n1. The number of hydrogen-bond donors (Lipinski definition) is 2. The zero-order chi connectivity index (χ0) is 13.4. The second-order valence-electron chi connectivity index (χ2n) is 4.09. The molecule has 1 rings (SSSR count). The van der Waals surface area contributed by atoms with E-state index in [9.17, 15) is 0 Å². The maximum atomic E-state index is 5.31. The summed E-state index contributed by atoms with van der Waals surface area (Å²) in [5, 5.41) is 6.42. The van der Waals surface area contributed by atoms with E-state index < -0.39 is 0 Å². The molecular formula is C13H24N4O. The molecule has 0 radical (unpaired) electrons. The Kier molecular flexibility index (Phi) is 6.43. The normalized spacial score (nSPS) is 10.4. The molecule has 1 aromatic heterocycles. The average Bonchev–Trinajstić information content (AvgIpc) is 2.38. The maximum Gasteiger partial charge on any atom is 0.134 e. The van der Waals surface area contributed by atoms with E-state index in [1.807, 2.05) is 20.9 Å². The van der Waals surface area contributed by atoms with Crippen molar-refractivity contribution in [3.8, 4) is 0 Å². The Balaban J connectivity index is 2.77. The van der Waals surface area contributed by atoms with Crippen LogP contribution in [-0.4, -0.2) is 36.8 Å². The van der Waals surface area contributed by atoms with Crippen LogP contribution in [0.5, 0.6) is 0 Å². The third-order valence-electron chi connectivity index (χ3n) is 2.65. The number of aromatic nitrogens is 2. The Morgan fingerprint density at radius 2 is 1.89 bits per heavy atom. The molecule has 0 unspecified atom stereocenters. The van der Waals surface area contributed by atoms with Crippen molar-refractivity contribution in [1.82, 2.24) is 9.97 Å². The number of rotatable bonds is 8. The Morgan fingerprint density at radius 1 is 1.17 bits per heavy atom. The van der Waals surface area contributed by atoms with Gasteiger partial charge in [-0.3, -0.25) is 0 Å². The van der Waals surface area contributed by atoms with E-state index >= 15 is 0 Å². The van der Waals surface area contributed by atoms with Crippen molar-refractivity contribution >= 4 is 11.6 Å². The Labute approximate surface area is 109 Å². The van der Waals surface area contributed by atoms with Crippen LogP contribution >= 0.6 is 0 Å². The standard InChI is InChI=1S/C13H24N4O/c1-5-7-11-16-12(14-4)10(3)13(17-11)15-8-9-18-6-2/h5-9H2,1-4H3,(H2,14,15,16,17). The summed E-state index contributed by atoms with van der Waals surface area (Å²) >= 11 is 0. The largest absolute Gasteiger partial charge is 0.380 e. The molecule has 0 aliphatic heterocycles. The van der Waals surface area contributed by atoms with Crippen LogP contribution in [0, 0.1) is 6.92 Å². The van der Waals surface area contributed by atoms with E-state index in [-0.39, 0.29) is 0 Å². The van der Waals surface area contributed by atoms with Gasteiger partial charge in [-0.1, -0.05) is 6.92 Å². The first-order valence-electron chi connectivity index (χ1n) is 6.59. The Morgan fingerprint density at radius 3 is 2.50 bits per heavy atom. The zero-order valence-corrected chi connectivity index (χ0v) is 11.8. The molecule has 2 N–H and O–H groups in total. The lowest BCUT2D eigenvalue weighted by atomic mass is 10.2. The van der Waals surface area contributed by atoms with Gasteiger partial charge in [-0.2, -0.15) is 0 Å². The van der Waals surface area contributed by atoms with Crippen LogP contribution in [0.1, 0.15) is 31.7 Å². The number of ether oxygens (including phenoxy) is 1. The molecule has 0 saturated carbocycles. The predicted molar refractivity (Wildman–Crippen MR) is 75.3 cm³/mol. The van der Waals surface area contributed by atoms with E-state index in [2.05, 4.69) is 27.5 Å². The fraction of sp³-hybridized carbons (Fsp3) is 0.692. The maximum absolute atomic E-state index is 5.31. The molecule has 0 bridgehead atoms. The summed E-state index contributed by atoms with van der Waals surface area (Å²) in [6.45, 7) is 8.34. The molecule has 18 heavy (non-hydrogen) atoms. The van der Waals surface area contributed by atoms with Gasteiger partial charge in [-0.15, -0.1) is 0 Å². The third-order valence-corrected chi connectivity index (χ3v) is 2.65. The average molecular weight is 252 g/mol. The molecule has 0 amide bonds. The minimum Gasteiger partial charge on any atom is -0.380 e. The lowest BCUT2D eigenvalue weighted by molar-refractivity contribution is 0.158. The van der Waals surface area contributed by atoms with Crippen molar-refractivity contribution in [3.05, 3.63) is 11.4 Å². The summed E-state index contributed by atoms with van der Waals surface area (Å²) in [6.07, 6.45) is 1.94. The van der Waals surface area contributed by atoms with Crippen LogP contribution < -0.4 is 10.6 Å². The van der Waals surface area contributed by atoms with Gasteiger partial charge in [0.1, 0.15) is 17.5 Å². The summed E-state index contributed by atoms with van der Waals surface area (Å²) in [5.74, 6) is 2.68. The Hall–Kier alpha value is -1.36. The van der Waals surface area contributed by atoms with Crippen molar-refractivity contribution < 1.29 is 4.74 Å². The molecule has 5 nitrogen and oxygen atoms in total.